The Labute approximate surface area is 230 Å². The predicted octanol–water partition coefficient (Wildman–Crippen LogP) is 4.95. The number of carbonyl (C=O) groups excluding carboxylic acids is 4. The van der Waals surface area contributed by atoms with Gasteiger partial charge in [0.1, 0.15) is 11.6 Å². The van der Waals surface area contributed by atoms with Crippen LogP contribution in [0.15, 0.2) is 18.2 Å². The molecule has 220 valence electrons. The molecular formula is C28H43NO10. The zero-order chi connectivity index (χ0) is 30.0. The van der Waals surface area contributed by atoms with E-state index in [0.717, 1.165) is 0 Å². The van der Waals surface area contributed by atoms with Crippen LogP contribution in [0, 0.1) is 10.8 Å². The number of hydrogen-bond donors (Lipinski definition) is 1. The summed E-state index contributed by atoms with van der Waals surface area (Å²) in [4.78, 5) is 49.1. The van der Waals surface area contributed by atoms with Crippen molar-refractivity contribution in [2.75, 3.05) is 20.3 Å². The molecule has 39 heavy (non-hydrogen) atoms. The Balaban J connectivity index is 3.27. The van der Waals surface area contributed by atoms with Gasteiger partial charge in [-0.15, -0.1) is 0 Å². The lowest BCUT2D eigenvalue weighted by Crippen LogP contribution is -2.53. The van der Waals surface area contributed by atoms with Crippen molar-refractivity contribution in [3.8, 4) is 11.5 Å². The number of methoxy groups -OCH3 is 1. The first kappa shape index (κ1) is 33.7. The largest absolute Gasteiger partial charge is 0.513 e. The predicted molar refractivity (Wildman–Crippen MR) is 142 cm³/mol. The van der Waals surface area contributed by atoms with E-state index in [-0.39, 0.29) is 54.8 Å². The monoisotopic (exact) mass is 553 g/mol. The molecule has 1 unspecified atom stereocenters. The molecule has 11 heteroatoms. The summed E-state index contributed by atoms with van der Waals surface area (Å²) < 4.78 is 31.2. The van der Waals surface area contributed by atoms with Crippen LogP contribution in [0.3, 0.4) is 0 Å². The highest BCUT2D eigenvalue weighted by Gasteiger charge is 2.38. The highest BCUT2D eigenvalue weighted by molar-refractivity contribution is 5.81. The minimum absolute atomic E-state index is 0.0351. The second-order valence-electron chi connectivity index (χ2n) is 11.9. The average molecular weight is 554 g/mol. The zero-order valence-electron chi connectivity index (χ0n) is 24.5. The molecule has 0 bridgehead atoms. The van der Waals surface area contributed by atoms with E-state index in [2.05, 4.69) is 0 Å². The molecule has 0 saturated heterocycles. The fraction of sp³-hybridized carbons (Fsp3) is 0.643. The summed E-state index contributed by atoms with van der Waals surface area (Å²) >= 11 is 0. The van der Waals surface area contributed by atoms with Crippen molar-refractivity contribution in [2.24, 2.45) is 16.6 Å². The topological polar surface area (TPSA) is 150 Å². The van der Waals surface area contributed by atoms with Gasteiger partial charge in [0.25, 0.3) is 0 Å². The third-order valence-electron chi connectivity index (χ3n) is 5.03. The van der Waals surface area contributed by atoms with Gasteiger partial charge in [-0.25, -0.2) is 9.59 Å². The standard InChI is InChI=1S/C28H43NO10/c1-10-22(30)37-18(2)14-28(29,23(31)34-9)15-19-11-12-20(38-24(32)35-16-26(3,4)5)21(13-19)39-25(33)36-17-27(6,7)8/h11-13,18H,10,14-17,29H2,1-9H3/t18-,28?/m0/s1. The summed E-state index contributed by atoms with van der Waals surface area (Å²) in [5.74, 6) is -1.40. The summed E-state index contributed by atoms with van der Waals surface area (Å²) in [5.41, 5.74) is 4.71. The van der Waals surface area contributed by atoms with E-state index in [1.54, 1.807) is 19.9 Å². The summed E-state index contributed by atoms with van der Waals surface area (Å²) in [6.07, 6.45) is -2.61. The molecule has 2 atom stereocenters. The van der Waals surface area contributed by atoms with Crippen molar-refractivity contribution >= 4 is 24.2 Å². The Bertz CT molecular complexity index is 1010. The Hall–Kier alpha value is -3.34. The highest BCUT2D eigenvalue weighted by atomic mass is 16.7. The molecule has 0 aliphatic rings. The van der Waals surface area contributed by atoms with Crippen molar-refractivity contribution in [3.63, 3.8) is 0 Å². The third-order valence-corrected chi connectivity index (χ3v) is 5.03. The fourth-order valence-electron chi connectivity index (χ4n) is 3.27. The number of esters is 2. The van der Waals surface area contributed by atoms with E-state index >= 15 is 0 Å². The number of rotatable bonds is 11. The summed E-state index contributed by atoms with van der Waals surface area (Å²) in [6.45, 7) is 14.8. The first-order valence-corrected chi connectivity index (χ1v) is 12.8. The van der Waals surface area contributed by atoms with Crippen molar-refractivity contribution < 1.29 is 47.6 Å². The van der Waals surface area contributed by atoms with Gasteiger partial charge in [0.2, 0.25) is 0 Å². The Morgan fingerprint density at radius 1 is 0.872 bits per heavy atom. The SMILES string of the molecule is CCC(=O)O[C@@H](C)CC(N)(Cc1ccc(OC(=O)OCC(C)(C)C)c(OC(=O)OCC(C)(C)C)c1)C(=O)OC. The molecule has 11 nitrogen and oxygen atoms in total. The molecule has 0 aliphatic heterocycles. The van der Waals surface area contributed by atoms with E-state index in [1.807, 2.05) is 41.5 Å². The molecule has 2 N–H and O–H groups in total. The van der Waals surface area contributed by atoms with Crippen LogP contribution in [-0.2, 0) is 35.0 Å². The van der Waals surface area contributed by atoms with E-state index in [1.165, 1.54) is 19.2 Å². The van der Waals surface area contributed by atoms with Crippen LogP contribution in [0.25, 0.3) is 0 Å². The minimum atomic E-state index is -1.58. The molecule has 0 amide bonds. The molecule has 0 heterocycles. The summed E-state index contributed by atoms with van der Waals surface area (Å²) in [6, 6.07) is 4.34. The molecule has 0 radical (unpaired) electrons. The maximum atomic E-state index is 12.7. The Morgan fingerprint density at radius 3 is 1.85 bits per heavy atom. The van der Waals surface area contributed by atoms with Gasteiger partial charge in [-0.3, -0.25) is 9.59 Å². The second-order valence-corrected chi connectivity index (χ2v) is 11.9. The van der Waals surface area contributed by atoms with Crippen LogP contribution in [0.1, 0.15) is 73.8 Å². The lowest BCUT2D eigenvalue weighted by molar-refractivity contribution is -0.154. The third kappa shape index (κ3) is 12.8. The number of nitrogens with two attached hydrogens (primary N) is 1. The molecule has 0 spiro atoms. The van der Waals surface area contributed by atoms with Crippen molar-refractivity contribution in [1.29, 1.82) is 0 Å². The molecular weight excluding hydrogens is 510 g/mol. The first-order chi connectivity index (χ1) is 17.9. The first-order valence-electron chi connectivity index (χ1n) is 12.8. The van der Waals surface area contributed by atoms with Crippen LogP contribution < -0.4 is 15.2 Å². The summed E-state index contributed by atoms with van der Waals surface area (Å²) in [5, 5.41) is 0. The maximum absolute atomic E-state index is 12.7. The zero-order valence-corrected chi connectivity index (χ0v) is 24.5. The van der Waals surface area contributed by atoms with Crippen LogP contribution in [-0.4, -0.2) is 56.2 Å². The van der Waals surface area contributed by atoms with Gasteiger partial charge < -0.3 is 34.2 Å². The van der Waals surface area contributed by atoms with Crippen molar-refractivity contribution in [3.05, 3.63) is 23.8 Å². The van der Waals surface area contributed by atoms with Gasteiger partial charge in [0.05, 0.1) is 20.3 Å². The van der Waals surface area contributed by atoms with Gasteiger partial charge >= 0.3 is 24.2 Å². The van der Waals surface area contributed by atoms with Crippen LogP contribution in [0.4, 0.5) is 9.59 Å². The smallest absolute Gasteiger partial charge is 0.468 e. The Kier molecular flexibility index (Phi) is 12.2. The van der Waals surface area contributed by atoms with Gasteiger partial charge in [-0.2, -0.15) is 0 Å². The number of benzene rings is 1. The molecule has 0 fully saturated rings. The normalized spacial score (nSPS) is 13.9. The highest BCUT2D eigenvalue weighted by Crippen LogP contribution is 2.32. The molecule has 0 aromatic heterocycles. The molecule has 0 saturated carbocycles. The fourth-order valence-corrected chi connectivity index (χ4v) is 3.27. The minimum Gasteiger partial charge on any atom is -0.468 e. The second kappa shape index (κ2) is 14.2. The summed E-state index contributed by atoms with van der Waals surface area (Å²) in [7, 11) is 1.20. The molecule has 1 rings (SSSR count). The lowest BCUT2D eigenvalue weighted by Gasteiger charge is -2.29. The number of hydrogen-bond acceptors (Lipinski definition) is 11. The van der Waals surface area contributed by atoms with Crippen LogP contribution in [0.2, 0.25) is 0 Å². The maximum Gasteiger partial charge on any atom is 0.513 e. The van der Waals surface area contributed by atoms with E-state index in [0.29, 0.717) is 5.56 Å². The quantitative estimate of drug-likeness (QED) is 0.225. The van der Waals surface area contributed by atoms with Crippen LogP contribution in [0.5, 0.6) is 11.5 Å². The van der Waals surface area contributed by atoms with Crippen LogP contribution >= 0.6 is 0 Å². The van der Waals surface area contributed by atoms with Gasteiger partial charge in [0, 0.05) is 19.3 Å². The lowest BCUT2D eigenvalue weighted by atomic mass is 9.86. The van der Waals surface area contributed by atoms with Crippen molar-refractivity contribution in [2.45, 2.75) is 86.3 Å². The van der Waals surface area contributed by atoms with Gasteiger partial charge in [-0.05, 0) is 35.4 Å². The van der Waals surface area contributed by atoms with Crippen molar-refractivity contribution in [1.82, 2.24) is 0 Å². The molecule has 1 aromatic carbocycles. The van der Waals surface area contributed by atoms with E-state index in [4.69, 9.17) is 34.2 Å². The Morgan fingerprint density at radius 2 is 1.38 bits per heavy atom. The van der Waals surface area contributed by atoms with E-state index < -0.39 is 35.9 Å². The number of ether oxygens (including phenoxy) is 6. The molecule has 1 aromatic rings. The average Bonchev–Trinajstić information content (AvgIpc) is 2.81. The van der Waals surface area contributed by atoms with Gasteiger partial charge in [0.15, 0.2) is 11.5 Å². The van der Waals surface area contributed by atoms with E-state index in [9.17, 15) is 19.2 Å². The number of carbonyl (C=O) groups is 4. The van der Waals surface area contributed by atoms with Gasteiger partial charge in [-0.1, -0.05) is 54.5 Å². The molecule has 0 aliphatic carbocycles.